The molecule has 0 aromatic heterocycles. The van der Waals surface area contributed by atoms with E-state index in [1.807, 2.05) is 0 Å². The van der Waals surface area contributed by atoms with Crippen molar-refractivity contribution in [1.29, 1.82) is 0 Å². The maximum absolute atomic E-state index is 2.59. The fourth-order valence-electron chi connectivity index (χ4n) is 5.10. The summed E-state index contributed by atoms with van der Waals surface area (Å²) < 4.78 is 1.28. The molecule has 0 aliphatic rings. The molecule has 0 aliphatic carbocycles. The van der Waals surface area contributed by atoms with Gasteiger partial charge in [-0.15, -0.1) is 0 Å². The van der Waals surface area contributed by atoms with Crippen molar-refractivity contribution in [2.45, 2.75) is 155 Å². The number of quaternary nitrogens is 1. The van der Waals surface area contributed by atoms with Crippen molar-refractivity contribution in [1.82, 2.24) is 0 Å². The van der Waals surface area contributed by atoms with Crippen molar-refractivity contribution < 1.29 is 4.48 Å². The van der Waals surface area contributed by atoms with Gasteiger partial charge < -0.3 is 4.48 Å². The molecule has 0 amide bonds. The summed E-state index contributed by atoms with van der Waals surface area (Å²) >= 11 is 0. The molecular weight excluding hydrogens is 338 g/mol. The van der Waals surface area contributed by atoms with Crippen LogP contribution in [0, 0.1) is 0 Å². The van der Waals surface area contributed by atoms with Crippen LogP contribution in [-0.2, 0) is 0 Å². The second-order valence-electron chi connectivity index (χ2n) is 10.1. The first kappa shape index (κ1) is 28.0. The van der Waals surface area contributed by atoms with E-state index >= 15 is 0 Å². The van der Waals surface area contributed by atoms with Crippen LogP contribution in [-0.4, -0.2) is 30.7 Å². The normalized spacial score (nSPS) is 12.6. The Kier molecular flexibility index (Phi) is 17.8. The number of hydrogen-bond acceptors (Lipinski definition) is 0. The predicted molar refractivity (Wildman–Crippen MR) is 130 cm³/mol. The number of rotatable bonds is 21. The van der Waals surface area contributed by atoms with E-state index in [1.54, 1.807) is 0 Å². The van der Waals surface area contributed by atoms with E-state index in [0.29, 0.717) is 5.54 Å². The first-order valence-electron chi connectivity index (χ1n) is 13.3. The summed E-state index contributed by atoms with van der Waals surface area (Å²) in [4.78, 5) is 0. The highest BCUT2D eigenvalue weighted by atomic mass is 15.4. The Balaban J connectivity index is 5.17. The Morgan fingerprint density at radius 2 is 0.750 bits per heavy atom. The van der Waals surface area contributed by atoms with Crippen molar-refractivity contribution in [3.63, 3.8) is 0 Å². The lowest BCUT2D eigenvalue weighted by Gasteiger charge is -2.50. The highest BCUT2D eigenvalue weighted by molar-refractivity contribution is 4.82. The van der Waals surface area contributed by atoms with Crippen LogP contribution in [0.1, 0.15) is 150 Å². The summed E-state index contributed by atoms with van der Waals surface area (Å²) in [6, 6.07) is 0. The number of hydrogen-bond donors (Lipinski definition) is 0. The minimum absolute atomic E-state index is 0.529. The Morgan fingerprint density at radius 1 is 0.429 bits per heavy atom. The monoisotopic (exact) mass is 396 g/mol. The molecule has 0 spiro atoms. The Labute approximate surface area is 180 Å². The van der Waals surface area contributed by atoms with Gasteiger partial charge in [0.15, 0.2) is 0 Å². The molecule has 0 N–H and O–H groups in total. The molecule has 1 nitrogen and oxygen atoms in total. The van der Waals surface area contributed by atoms with Gasteiger partial charge in [0.1, 0.15) is 0 Å². The van der Waals surface area contributed by atoms with Gasteiger partial charge in [0.2, 0.25) is 0 Å². The molecule has 1 heteroatoms. The summed E-state index contributed by atoms with van der Waals surface area (Å²) in [5.74, 6) is 0. The third-order valence-corrected chi connectivity index (χ3v) is 7.34. The number of nitrogens with zero attached hydrogens (tertiary/aromatic N) is 1. The quantitative estimate of drug-likeness (QED) is 0.134. The average molecular weight is 397 g/mol. The molecule has 0 saturated heterocycles. The molecule has 28 heavy (non-hydrogen) atoms. The molecule has 0 aromatic carbocycles. The van der Waals surface area contributed by atoms with Gasteiger partial charge in [-0.2, -0.15) is 0 Å². The molecule has 0 fully saturated rings. The zero-order valence-corrected chi connectivity index (χ0v) is 21.1. The first-order valence-corrected chi connectivity index (χ1v) is 13.3. The van der Waals surface area contributed by atoms with Crippen LogP contribution in [0.5, 0.6) is 0 Å². The van der Waals surface area contributed by atoms with Crippen LogP contribution in [0.2, 0.25) is 0 Å². The highest BCUT2D eigenvalue weighted by Gasteiger charge is 2.43. The average Bonchev–Trinajstić information content (AvgIpc) is 2.68. The molecule has 0 radical (unpaired) electrons. The van der Waals surface area contributed by atoms with E-state index < -0.39 is 0 Å². The maximum atomic E-state index is 2.59. The molecule has 0 saturated carbocycles. The lowest BCUT2D eigenvalue weighted by atomic mass is 9.78. The van der Waals surface area contributed by atoms with Gasteiger partial charge in [0.25, 0.3) is 0 Å². The molecule has 170 valence electrons. The van der Waals surface area contributed by atoms with E-state index in [1.165, 1.54) is 133 Å². The lowest BCUT2D eigenvalue weighted by Crippen LogP contribution is -2.60. The van der Waals surface area contributed by atoms with E-state index in [9.17, 15) is 0 Å². The van der Waals surface area contributed by atoms with Crippen LogP contribution in [0.4, 0.5) is 0 Å². The Morgan fingerprint density at radius 3 is 1.07 bits per heavy atom. The van der Waals surface area contributed by atoms with Crippen molar-refractivity contribution in [3.05, 3.63) is 0 Å². The minimum Gasteiger partial charge on any atom is -0.324 e. The summed E-state index contributed by atoms with van der Waals surface area (Å²) in [5.41, 5.74) is 0.529. The van der Waals surface area contributed by atoms with Gasteiger partial charge in [-0.25, -0.2) is 0 Å². The van der Waals surface area contributed by atoms with Gasteiger partial charge in [0.05, 0.1) is 26.2 Å². The first-order chi connectivity index (χ1) is 13.5. The zero-order valence-electron chi connectivity index (χ0n) is 21.1. The van der Waals surface area contributed by atoms with E-state index in [0.717, 1.165) is 0 Å². The van der Waals surface area contributed by atoms with Gasteiger partial charge in [0, 0.05) is 19.3 Å². The lowest BCUT2D eigenvalue weighted by molar-refractivity contribution is -0.944. The molecule has 0 aromatic rings. The van der Waals surface area contributed by atoms with E-state index in [4.69, 9.17) is 0 Å². The topological polar surface area (TPSA) is 0 Å². The molecule has 0 aliphatic heterocycles. The highest BCUT2D eigenvalue weighted by Crippen LogP contribution is 2.38. The second kappa shape index (κ2) is 17.8. The third-order valence-electron chi connectivity index (χ3n) is 7.34. The Bertz CT molecular complexity index is 289. The molecule has 0 unspecified atom stereocenters. The van der Waals surface area contributed by atoms with E-state index in [2.05, 4.69) is 41.8 Å². The van der Waals surface area contributed by atoms with Crippen molar-refractivity contribution >= 4 is 0 Å². The maximum Gasteiger partial charge on any atom is 0.0988 e. The van der Waals surface area contributed by atoms with Crippen LogP contribution in [0.25, 0.3) is 0 Å². The number of unbranched alkanes of at least 4 members (excludes halogenated alkanes) is 12. The van der Waals surface area contributed by atoms with Crippen LogP contribution in [0.3, 0.4) is 0 Å². The fraction of sp³-hybridized carbons (Fsp3) is 1.00. The SMILES string of the molecule is CCCCCCC(CCCCCC)(CCCCCC)[N+](C)(C)CCCCCC. The molecule has 0 bridgehead atoms. The summed E-state index contributed by atoms with van der Waals surface area (Å²) in [7, 11) is 5.18. The van der Waals surface area contributed by atoms with Gasteiger partial charge in [-0.05, 0) is 32.1 Å². The summed E-state index contributed by atoms with van der Waals surface area (Å²) in [6.07, 6.45) is 27.0. The predicted octanol–water partition coefficient (Wildman–Crippen LogP) is 9.29. The molecular formula is C27H58N+. The van der Waals surface area contributed by atoms with Gasteiger partial charge in [-0.3, -0.25) is 0 Å². The second-order valence-corrected chi connectivity index (χ2v) is 10.1. The van der Waals surface area contributed by atoms with Crippen molar-refractivity contribution in [2.75, 3.05) is 20.6 Å². The van der Waals surface area contributed by atoms with Crippen molar-refractivity contribution in [3.8, 4) is 0 Å². The van der Waals surface area contributed by atoms with Gasteiger partial charge in [-0.1, -0.05) is 98.3 Å². The summed E-state index contributed by atoms with van der Waals surface area (Å²) in [6.45, 7) is 10.7. The van der Waals surface area contributed by atoms with E-state index in [-0.39, 0.29) is 0 Å². The largest absolute Gasteiger partial charge is 0.324 e. The molecule has 0 atom stereocenters. The smallest absolute Gasteiger partial charge is 0.0988 e. The van der Waals surface area contributed by atoms with Crippen LogP contribution < -0.4 is 0 Å². The molecule has 0 heterocycles. The Hall–Kier alpha value is -0.0400. The minimum atomic E-state index is 0.529. The fourth-order valence-corrected chi connectivity index (χ4v) is 5.10. The summed E-state index contributed by atoms with van der Waals surface area (Å²) in [5, 5.41) is 0. The van der Waals surface area contributed by atoms with Gasteiger partial charge >= 0.3 is 0 Å². The van der Waals surface area contributed by atoms with Crippen LogP contribution >= 0.6 is 0 Å². The van der Waals surface area contributed by atoms with Crippen LogP contribution in [0.15, 0.2) is 0 Å². The van der Waals surface area contributed by atoms with Crippen molar-refractivity contribution in [2.24, 2.45) is 0 Å². The standard InChI is InChI=1S/C27H58N/c1-7-11-15-19-23-27(24-20-16-12-8-2,25-21-17-13-9-3)28(5,6)26-22-18-14-10-4/h7-26H2,1-6H3/q+1. The molecule has 0 rings (SSSR count). The zero-order chi connectivity index (χ0) is 21.1. The third kappa shape index (κ3) is 11.8.